The minimum atomic E-state index is -0.695. The zero-order valence-corrected chi connectivity index (χ0v) is 21.9. The van der Waals surface area contributed by atoms with Gasteiger partial charge in [-0.05, 0) is 56.6 Å². The molecule has 0 radical (unpaired) electrons. The Hall–Kier alpha value is -2.71. The molecule has 0 spiro atoms. The van der Waals surface area contributed by atoms with E-state index < -0.39 is 18.2 Å². The molecule has 1 heterocycles. The van der Waals surface area contributed by atoms with Crippen molar-refractivity contribution in [1.82, 2.24) is 14.7 Å². The predicted molar refractivity (Wildman–Crippen MR) is 140 cm³/mol. The summed E-state index contributed by atoms with van der Waals surface area (Å²) < 4.78 is 0. The smallest absolute Gasteiger partial charge is 0.246 e. The fourth-order valence-electron chi connectivity index (χ4n) is 5.03. The molecule has 0 aromatic heterocycles. The molecule has 2 atom stereocenters. The van der Waals surface area contributed by atoms with Crippen molar-refractivity contribution in [3.8, 4) is 0 Å². The van der Waals surface area contributed by atoms with Crippen molar-refractivity contribution in [3.05, 3.63) is 48.0 Å². The number of nitrogens with zero attached hydrogens (tertiary/aromatic N) is 3. The number of hydrogen-bond donors (Lipinski definition) is 2. The van der Waals surface area contributed by atoms with Gasteiger partial charge in [0.1, 0.15) is 12.1 Å². The number of rotatable bonds is 10. The Morgan fingerprint density at radius 2 is 1.75 bits per heavy atom. The molecular formula is C28H42N4O4. The van der Waals surface area contributed by atoms with E-state index in [9.17, 15) is 19.5 Å². The van der Waals surface area contributed by atoms with Crippen molar-refractivity contribution >= 4 is 17.7 Å². The van der Waals surface area contributed by atoms with Crippen molar-refractivity contribution in [1.29, 1.82) is 0 Å². The van der Waals surface area contributed by atoms with Gasteiger partial charge in [-0.2, -0.15) is 0 Å². The minimum absolute atomic E-state index is 0.126. The van der Waals surface area contributed by atoms with E-state index in [4.69, 9.17) is 5.73 Å². The number of aliphatic hydroxyl groups is 1. The maximum absolute atomic E-state index is 13.7. The summed E-state index contributed by atoms with van der Waals surface area (Å²) in [5.74, 6) is -0.635. The Morgan fingerprint density at radius 3 is 2.31 bits per heavy atom. The van der Waals surface area contributed by atoms with Crippen molar-refractivity contribution in [3.63, 3.8) is 0 Å². The number of amides is 3. The van der Waals surface area contributed by atoms with E-state index in [0.717, 1.165) is 24.8 Å². The fraction of sp³-hybridized carbons (Fsp3) is 0.607. The lowest BCUT2D eigenvalue weighted by atomic mass is 9.75. The molecular weight excluding hydrogens is 456 g/mol. The molecule has 3 N–H and O–H groups in total. The van der Waals surface area contributed by atoms with Crippen LogP contribution in [0.4, 0.5) is 0 Å². The lowest BCUT2D eigenvalue weighted by Gasteiger charge is -2.38. The van der Waals surface area contributed by atoms with Crippen LogP contribution in [0.5, 0.6) is 0 Å². The third-order valence-electron chi connectivity index (χ3n) is 7.77. The third-order valence-corrected chi connectivity index (χ3v) is 7.77. The van der Waals surface area contributed by atoms with Gasteiger partial charge in [-0.15, -0.1) is 0 Å². The van der Waals surface area contributed by atoms with Gasteiger partial charge in [0.25, 0.3) is 0 Å². The summed E-state index contributed by atoms with van der Waals surface area (Å²) in [7, 11) is 3.28. The summed E-state index contributed by atoms with van der Waals surface area (Å²) >= 11 is 0. The van der Waals surface area contributed by atoms with E-state index in [1.54, 1.807) is 19.0 Å². The fourth-order valence-corrected chi connectivity index (χ4v) is 5.03. The second-order valence-corrected chi connectivity index (χ2v) is 10.4. The van der Waals surface area contributed by atoms with Crippen molar-refractivity contribution in [2.75, 3.05) is 27.2 Å². The molecule has 198 valence electrons. The Bertz CT molecular complexity index is 923. The number of carbonyl (C=O) groups excluding carboxylic acids is 3. The van der Waals surface area contributed by atoms with Gasteiger partial charge in [0.15, 0.2) is 0 Å². The molecule has 3 amide bonds. The van der Waals surface area contributed by atoms with Gasteiger partial charge in [0, 0.05) is 39.1 Å². The molecule has 1 aliphatic carbocycles. The second kappa shape index (κ2) is 12.5. The number of carbonyl (C=O) groups is 3. The predicted octanol–water partition coefficient (Wildman–Crippen LogP) is 2.10. The number of piperidine rings is 1. The number of hydrogen-bond acceptors (Lipinski definition) is 5. The SMILES string of the molecule is CC[C@H](C(=O)N(C)C(Cc1ccccc1)C(=O)N1CCC(O)CC1)N(C)C(=O)/C=C/CC1(N)CCC1. The highest BCUT2D eigenvalue weighted by atomic mass is 16.3. The van der Waals surface area contributed by atoms with Crippen molar-refractivity contribution in [2.24, 2.45) is 5.73 Å². The van der Waals surface area contributed by atoms with Crippen LogP contribution in [-0.2, 0) is 20.8 Å². The number of benzene rings is 1. The minimum Gasteiger partial charge on any atom is -0.393 e. The van der Waals surface area contributed by atoms with Crippen molar-refractivity contribution in [2.45, 2.75) is 82.0 Å². The zero-order chi connectivity index (χ0) is 26.3. The summed E-state index contributed by atoms with van der Waals surface area (Å²) in [6, 6.07) is 8.26. The van der Waals surface area contributed by atoms with Crippen LogP contribution in [0.15, 0.2) is 42.5 Å². The lowest BCUT2D eigenvalue weighted by Crippen LogP contribution is -2.56. The maximum Gasteiger partial charge on any atom is 0.246 e. The highest BCUT2D eigenvalue weighted by molar-refractivity contribution is 5.94. The van der Waals surface area contributed by atoms with E-state index in [0.29, 0.717) is 45.2 Å². The quantitative estimate of drug-likeness (QED) is 0.481. The van der Waals surface area contributed by atoms with Crippen LogP contribution >= 0.6 is 0 Å². The highest BCUT2D eigenvalue weighted by Gasteiger charge is 2.36. The van der Waals surface area contributed by atoms with Crippen LogP contribution in [0.1, 0.15) is 57.4 Å². The van der Waals surface area contributed by atoms with Gasteiger partial charge in [-0.3, -0.25) is 14.4 Å². The van der Waals surface area contributed by atoms with E-state index in [-0.39, 0.29) is 23.3 Å². The van der Waals surface area contributed by atoms with Crippen LogP contribution in [-0.4, -0.2) is 88.4 Å². The summed E-state index contributed by atoms with van der Waals surface area (Å²) in [5, 5.41) is 9.87. The van der Waals surface area contributed by atoms with E-state index >= 15 is 0 Å². The third kappa shape index (κ3) is 6.95. The summed E-state index contributed by atoms with van der Waals surface area (Å²) in [4.78, 5) is 44.8. The first-order valence-electron chi connectivity index (χ1n) is 13.1. The molecule has 1 aliphatic heterocycles. The number of likely N-dealkylation sites (tertiary alicyclic amines) is 1. The lowest BCUT2D eigenvalue weighted by molar-refractivity contribution is -0.150. The molecule has 8 nitrogen and oxygen atoms in total. The highest BCUT2D eigenvalue weighted by Crippen LogP contribution is 2.32. The molecule has 1 aromatic carbocycles. The first kappa shape index (κ1) is 27.9. The molecule has 8 heteroatoms. The Kier molecular flexibility index (Phi) is 9.68. The molecule has 2 aliphatic rings. The monoisotopic (exact) mass is 498 g/mol. The first-order valence-corrected chi connectivity index (χ1v) is 13.1. The van der Waals surface area contributed by atoms with Gasteiger partial charge in [0.2, 0.25) is 17.7 Å². The summed E-state index contributed by atoms with van der Waals surface area (Å²) in [6.45, 7) is 2.81. The Morgan fingerprint density at radius 1 is 1.11 bits per heavy atom. The van der Waals surface area contributed by atoms with Crippen LogP contribution in [0.25, 0.3) is 0 Å². The Balaban J connectivity index is 1.73. The molecule has 1 aromatic rings. The molecule has 1 saturated carbocycles. The molecule has 1 saturated heterocycles. The number of likely N-dealkylation sites (N-methyl/N-ethyl adjacent to an activating group) is 2. The summed E-state index contributed by atoms with van der Waals surface area (Å²) in [5.41, 5.74) is 7.00. The summed E-state index contributed by atoms with van der Waals surface area (Å²) in [6.07, 6.45) is 8.52. The standard InChI is InChI=1S/C28H42N4O4/c1-4-23(30(2)25(34)12-8-15-28(29)16-9-17-28)26(35)31(3)24(20-21-10-6-5-7-11-21)27(36)32-18-13-22(33)14-19-32/h5-8,10-12,22-24,33H,4,9,13-20,29H2,1-3H3/b12-8+/t23-,24?/m1/s1. The molecule has 2 fully saturated rings. The van der Waals surface area contributed by atoms with Gasteiger partial charge in [-0.1, -0.05) is 43.3 Å². The average molecular weight is 499 g/mol. The average Bonchev–Trinajstić information content (AvgIpc) is 2.86. The topological polar surface area (TPSA) is 107 Å². The first-order chi connectivity index (χ1) is 17.1. The number of nitrogens with two attached hydrogens (primary N) is 1. The van der Waals surface area contributed by atoms with Crippen LogP contribution < -0.4 is 5.73 Å². The number of aliphatic hydroxyl groups excluding tert-OH is 1. The van der Waals surface area contributed by atoms with Gasteiger partial charge in [-0.25, -0.2) is 0 Å². The van der Waals surface area contributed by atoms with Crippen molar-refractivity contribution < 1.29 is 19.5 Å². The molecule has 1 unspecified atom stereocenters. The molecule has 0 bridgehead atoms. The second-order valence-electron chi connectivity index (χ2n) is 10.4. The van der Waals surface area contributed by atoms with Gasteiger partial charge < -0.3 is 25.5 Å². The van der Waals surface area contributed by atoms with Crippen LogP contribution in [0, 0.1) is 0 Å². The van der Waals surface area contributed by atoms with E-state index in [2.05, 4.69) is 0 Å². The zero-order valence-electron chi connectivity index (χ0n) is 21.9. The molecule has 3 rings (SSSR count). The van der Waals surface area contributed by atoms with E-state index in [1.165, 1.54) is 15.9 Å². The van der Waals surface area contributed by atoms with Gasteiger partial charge >= 0.3 is 0 Å². The maximum atomic E-state index is 13.7. The van der Waals surface area contributed by atoms with Gasteiger partial charge in [0.05, 0.1) is 6.10 Å². The van der Waals surface area contributed by atoms with E-state index in [1.807, 2.05) is 43.3 Å². The largest absolute Gasteiger partial charge is 0.393 e. The molecule has 36 heavy (non-hydrogen) atoms. The van der Waals surface area contributed by atoms with Crippen LogP contribution in [0.3, 0.4) is 0 Å². The normalized spacial score (nSPS) is 19.4. The van der Waals surface area contributed by atoms with Crippen LogP contribution in [0.2, 0.25) is 0 Å². The Labute approximate surface area is 215 Å².